The molecule has 1 atom stereocenters. The molecule has 1 aromatic heterocycles. The van der Waals surface area contributed by atoms with E-state index in [9.17, 15) is 9.90 Å². The number of imidazole rings is 1. The molecule has 0 fully saturated rings. The van der Waals surface area contributed by atoms with Gasteiger partial charge in [-0.05, 0) is 25.0 Å². The Bertz CT molecular complexity index is 534. The van der Waals surface area contributed by atoms with Gasteiger partial charge in [-0.25, -0.2) is 9.78 Å². The van der Waals surface area contributed by atoms with Crippen molar-refractivity contribution in [2.45, 2.75) is 19.4 Å². The minimum Gasteiger partial charge on any atom is -0.479 e. The molecule has 4 heteroatoms. The molecule has 0 amide bonds. The Hall–Kier alpha value is -2.10. The van der Waals surface area contributed by atoms with Crippen LogP contribution >= 0.6 is 0 Å². The van der Waals surface area contributed by atoms with Gasteiger partial charge in [0.2, 0.25) is 0 Å². The summed E-state index contributed by atoms with van der Waals surface area (Å²) in [5.74, 6) is -0.898. The minimum absolute atomic E-state index is 0.769. The van der Waals surface area contributed by atoms with Gasteiger partial charge in [-0.3, -0.25) is 0 Å². The Morgan fingerprint density at radius 1 is 1.41 bits per heavy atom. The normalized spacial score (nSPS) is 14.2. The Balaban J connectivity index is 2.65. The van der Waals surface area contributed by atoms with Gasteiger partial charge in [-0.15, -0.1) is 0 Å². The summed E-state index contributed by atoms with van der Waals surface area (Å²) in [4.78, 5) is 15.5. The number of benzene rings is 1. The van der Waals surface area contributed by atoms with Crippen LogP contribution in [0.25, 0.3) is 0 Å². The van der Waals surface area contributed by atoms with Crippen LogP contribution in [0.4, 0.5) is 0 Å². The van der Waals surface area contributed by atoms with E-state index in [0.717, 1.165) is 11.1 Å². The predicted octanol–water partition coefficient (Wildman–Crippen LogP) is 2.04. The summed E-state index contributed by atoms with van der Waals surface area (Å²) in [7, 11) is 0. The molecule has 0 spiro atoms. The molecule has 0 aliphatic rings. The quantitative estimate of drug-likeness (QED) is 0.877. The molecule has 0 radical (unpaired) electrons. The van der Waals surface area contributed by atoms with Gasteiger partial charge in [0.05, 0.1) is 6.33 Å². The second-order valence-electron chi connectivity index (χ2n) is 4.16. The lowest BCUT2D eigenvalue weighted by molar-refractivity contribution is -0.144. The van der Waals surface area contributed by atoms with Crippen molar-refractivity contribution < 1.29 is 9.90 Å². The van der Waals surface area contributed by atoms with Gasteiger partial charge < -0.3 is 9.67 Å². The first-order valence-corrected chi connectivity index (χ1v) is 5.34. The van der Waals surface area contributed by atoms with Crippen molar-refractivity contribution in [2.75, 3.05) is 0 Å². The van der Waals surface area contributed by atoms with Crippen LogP contribution in [-0.4, -0.2) is 20.6 Å². The van der Waals surface area contributed by atoms with Crippen molar-refractivity contribution >= 4 is 5.97 Å². The second-order valence-corrected chi connectivity index (χ2v) is 4.16. The van der Waals surface area contributed by atoms with E-state index >= 15 is 0 Å². The monoisotopic (exact) mass is 230 g/mol. The van der Waals surface area contributed by atoms with Crippen LogP contribution in [0.1, 0.15) is 18.1 Å². The number of hydrogen-bond acceptors (Lipinski definition) is 2. The number of hydrogen-bond donors (Lipinski definition) is 1. The largest absolute Gasteiger partial charge is 0.479 e. The molecule has 2 rings (SSSR count). The topological polar surface area (TPSA) is 55.1 Å². The lowest BCUT2D eigenvalue weighted by Gasteiger charge is -2.28. The Morgan fingerprint density at radius 2 is 2.12 bits per heavy atom. The molecular formula is C13H14N2O2. The average molecular weight is 230 g/mol. The third-order valence-electron chi connectivity index (χ3n) is 3.11. The van der Waals surface area contributed by atoms with Gasteiger partial charge in [-0.1, -0.05) is 24.3 Å². The molecule has 88 valence electrons. The molecule has 4 nitrogen and oxygen atoms in total. The van der Waals surface area contributed by atoms with E-state index in [1.54, 1.807) is 23.9 Å². The summed E-state index contributed by atoms with van der Waals surface area (Å²) in [5.41, 5.74) is 0.596. The van der Waals surface area contributed by atoms with Crippen LogP contribution < -0.4 is 0 Å². The molecule has 0 saturated heterocycles. The fourth-order valence-corrected chi connectivity index (χ4v) is 2.01. The number of aryl methyl sites for hydroxylation is 1. The number of aromatic nitrogens is 2. The smallest absolute Gasteiger partial charge is 0.334 e. The summed E-state index contributed by atoms with van der Waals surface area (Å²) in [6.45, 7) is 3.59. The summed E-state index contributed by atoms with van der Waals surface area (Å²) in [6, 6.07) is 7.49. The lowest BCUT2D eigenvalue weighted by Crippen LogP contribution is -2.40. The third kappa shape index (κ3) is 1.71. The molecule has 17 heavy (non-hydrogen) atoms. The zero-order valence-electron chi connectivity index (χ0n) is 9.79. The van der Waals surface area contributed by atoms with Crippen LogP contribution in [0.3, 0.4) is 0 Å². The summed E-state index contributed by atoms with van der Waals surface area (Å²) in [6.07, 6.45) is 4.78. The average Bonchev–Trinajstić information content (AvgIpc) is 2.82. The maximum absolute atomic E-state index is 11.6. The second kappa shape index (κ2) is 4.05. The maximum atomic E-state index is 11.6. The molecule has 0 aliphatic heterocycles. The van der Waals surface area contributed by atoms with Crippen molar-refractivity contribution in [3.8, 4) is 0 Å². The van der Waals surface area contributed by atoms with Crippen molar-refractivity contribution in [1.29, 1.82) is 0 Å². The lowest BCUT2D eigenvalue weighted by atomic mass is 9.88. The van der Waals surface area contributed by atoms with Gasteiger partial charge in [0.15, 0.2) is 5.54 Å². The van der Waals surface area contributed by atoms with E-state index < -0.39 is 11.5 Å². The van der Waals surface area contributed by atoms with Gasteiger partial charge in [0.25, 0.3) is 0 Å². The highest BCUT2D eigenvalue weighted by Crippen LogP contribution is 2.28. The van der Waals surface area contributed by atoms with E-state index in [2.05, 4.69) is 4.98 Å². The molecule has 0 saturated carbocycles. The van der Waals surface area contributed by atoms with Crippen molar-refractivity contribution in [1.82, 2.24) is 9.55 Å². The first kappa shape index (κ1) is 11.4. The molecule has 1 unspecified atom stereocenters. The molecule has 1 heterocycles. The summed E-state index contributed by atoms with van der Waals surface area (Å²) in [5, 5.41) is 9.53. The number of rotatable bonds is 3. The van der Waals surface area contributed by atoms with Crippen molar-refractivity contribution in [2.24, 2.45) is 0 Å². The van der Waals surface area contributed by atoms with Crippen LogP contribution in [0, 0.1) is 6.92 Å². The fraction of sp³-hybridized carbons (Fsp3) is 0.231. The molecule has 2 aromatic rings. The highest BCUT2D eigenvalue weighted by Gasteiger charge is 2.37. The number of nitrogens with zero attached hydrogens (tertiary/aromatic N) is 2. The predicted molar refractivity (Wildman–Crippen MR) is 63.8 cm³/mol. The van der Waals surface area contributed by atoms with Crippen LogP contribution in [-0.2, 0) is 10.3 Å². The van der Waals surface area contributed by atoms with Crippen molar-refractivity contribution in [3.05, 3.63) is 54.1 Å². The van der Waals surface area contributed by atoms with Crippen LogP contribution in [0.15, 0.2) is 43.0 Å². The van der Waals surface area contributed by atoms with E-state index in [1.807, 2.05) is 31.2 Å². The number of aliphatic carboxylic acids is 1. The van der Waals surface area contributed by atoms with E-state index in [4.69, 9.17) is 0 Å². The zero-order chi connectivity index (χ0) is 12.5. The molecule has 1 N–H and O–H groups in total. The number of carboxylic acid groups (broad SMARTS) is 1. The Morgan fingerprint density at radius 3 is 2.65 bits per heavy atom. The highest BCUT2D eigenvalue weighted by molar-refractivity contribution is 5.81. The maximum Gasteiger partial charge on any atom is 0.334 e. The van der Waals surface area contributed by atoms with E-state index in [-0.39, 0.29) is 0 Å². The number of carboxylic acids is 1. The fourth-order valence-electron chi connectivity index (χ4n) is 2.01. The SMILES string of the molecule is Cc1ccccc1C(C)(C(=O)O)n1ccnc1. The molecule has 0 bridgehead atoms. The Kier molecular flexibility index (Phi) is 2.71. The standard InChI is InChI=1S/C13H14N2O2/c1-10-5-3-4-6-11(10)13(2,12(16)17)15-8-7-14-9-15/h3-9H,1-2H3,(H,16,17). The minimum atomic E-state index is -1.12. The number of carbonyl (C=O) groups is 1. The molecular weight excluding hydrogens is 216 g/mol. The summed E-state index contributed by atoms with van der Waals surface area (Å²) < 4.78 is 1.61. The van der Waals surface area contributed by atoms with Gasteiger partial charge >= 0.3 is 5.97 Å². The van der Waals surface area contributed by atoms with Crippen LogP contribution in [0.5, 0.6) is 0 Å². The zero-order valence-corrected chi connectivity index (χ0v) is 9.79. The first-order valence-electron chi connectivity index (χ1n) is 5.34. The van der Waals surface area contributed by atoms with Gasteiger partial charge in [0, 0.05) is 12.4 Å². The van der Waals surface area contributed by atoms with Crippen molar-refractivity contribution in [3.63, 3.8) is 0 Å². The molecule has 0 aliphatic carbocycles. The first-order chi connectivity index (χ1) is 8.06. The highest BCUT2D eigenvalue weighted by atomic mass is 16.4. The third-order valence-corrected chi connectivity index (χ3v) is 3.11. The Labute approximate surface area is 99.5 Å². The van der Waals surface area contributed by atoms with Crippen LogP contribution in [0.2, 0.25) is 0 Å². The summed E-state index contributed by atoms with van der Waals surface area (Å²) >= 11 is 0. The molecule has 1 aromatic carbocycles. The van der Waals surface area contributed by atoms with E-state index in [1.165, 1.54) is 6.33 Å². The van der Waals surface area contributed by atoms with Gasteiger partial charge in [-0.2, -0.15) is 0 Å². The van der Waals surface area contributed by atoms with Gasteiger partial charge in [0.1, 0.15) is 0 Å². The van der Waals surface area contributed by atoms with E-state index in [0.29, 0.717) is 0 Å².